The van der Waals surface area contributed by atoms with Gasteiger partial charge in [0, 0.05) is 5.02 Å². The number of aryl methyl sites for hydroxylation is 1. The van der Waals surface area contributed by atoms with Gasteiger partial charge in [-0.1, -0.05) is 25.4 Å². The van der Waals surface area contributed by atoms with Gasteiger partial charge in [0.15, 0.2) is 0 Å². The Kier molecular flexibility index (Phi) is 5.16. The van der Waals surface area contributed by atoms with E-state index in [0.717, 1.165) is 5.56 Å². The van der Waals surface area contributed by atoms with Crippen molar-refractivity contribution in [3.05, 3.63) is 34.3 Å². The van der Waals surface area contributed by atoms with Crippen LogP contribution in [0.15, 0.2) is 18.2 Å². The molecule has 2 nitrogen and oxygen atoms in total. The van der Waals surface area contributed by atoms with Gasteiger partial charge in [0.2, 0.25) is 0 Å². The Labute approximate surface area is 83.2 Å². The summed E-state index contributed by atoms with van der Waals surface area (Å²) in [4.78, 5) is 10.4. The summed E-state index contributed by atoms with van der Waals surface area (Å²) in [5.41, 5.74) is 1.09. The summed E-state index contributed by atoms with van der Waals surface area (Å²) in [6, 6.07) is 4.72. The molecule has 0 saturated carbocycles. The lowest BCUT2D eigenvalue weighted by molar-refractivity contribution is 0.0697. The van der Waals surface area contributed by atoms with Gasteiger partial charge in [0.05, 0.1) is 5.56 Å². The van der Waals surface area contributed by atoms with Crippen LogP contribution >= 0.6 is 11.6 Å². The second-order valence-corrected chi connectivity index (χ2v) is 2.76. The van der Waals surface area contributed by atoms with Gasteiger partial charge in [-0.15, -0.1) is 0 Å². The number of aromatic carboxylic acids is 1. The average Bonchev–Trinajstić information content (AvgIpc) is 2.06. The zero-order chi connectivity index (χ0) is 10.4. The molecule has 0 aliphatic carbocycles. The van der Waals surface area contributed by atoms with Crippen molar-refractivity contribution in [2.24, 2.45) is 0 Å². The molecule has 0 spiro atoms. The van der Waals surface area contributed by atoms with Gasteiger partial charge in [-0.3, -0.25) is 0 Å². The first-order chi connectivity index (χ1) is 6.09. The molecule has 0 heterocycles. The molecule has 72 valence electrons. The molecule has 0 radical (unpaired) electrons. The highest BCUT2D eigenvalue weighted by Gasteiger charge is 2.03. The maximum atomic E-state index is 10.4. The third kappa shape index (κ3) is 3.95. The summed E-state index contributed by atoms with van der Waals surface area (Å²) in [5, 5.41) is 9.04. The molecular weight excluding hydrogens is 188 g/mol. The van der Waals surface area contributed by atoms with Gasteiger partial charge >= 0.3 is 5.97 Å². The molecule has 0 aliphatic rings. The van der Waals surface area contributed by atoms with Gasteiger partial charge in [-0.2, -0.15) is 0 Å². The highest BCUT2D eigenvalue weighted by molar-refractivity contribution is 6.31. The monoisotopic (exact) mass is 200 g/mol. The Hall–Kier alpha value is -1.02. The first-order valence-electron chi connectivity index (χ1n) is 4.10. The molecule has 0 amide bonds. The summed E-state index contributed by atoms with van der Waals surface area (Å²) >= 11 is 5.63. The number of benzene rings is 1. The molecule has 0 bridgehead atoms. The lowest BCUT2D eigenvalue weighted by atomic mass is 10.1. The first-order valence-corrected chi connectivity index (χ1v) is 4.48. The number of halogens is 1. The Morgan fingerprint density at radius 3 is 2.23 bits per heavy atom. The Bertz CT molecular complexity index is 275. The predicted molar refractivity (Wildman–Crippen MR) is 54.5 cm³/mol. The van der Waals surface area contributed by atoms with Crippen molar-refractivity contribution in [3.8, 4) is 0 Å². The molecule has 0 atom stereocenters. The van der Waals surface area contributed by atoms with Crippen molar-refractivity contribution >= 4 is 17.6 Å². The van der Waals surface area contributed by atoms with Gasteiger partial charge < -0.3 is 5.11 Å². The second-order valence-electron chi connectivity index (χ2n) is 2.32. The van der Waals surface area contributed by atoms with Crippen LogP contribution in [0, 0.1) is 6.92 Å². The van der Waals surface area contributed by atoms with Crippen LogP contribution in [-0.2, 0) is 0 Å². The van der Waals surface area contributed by atoms with E-state index in [4.69, 9.17) is 16.7 Å². The van der Waals surface area contributed by atoms with E-state index in [1.54, 1.807) is 19.1 Å². The smallest absolute Gasteiger partial charge is 0.335 e. The number of hydrogen-bond donors (Lipinski definition) is 1. The maximum absolute atomic E-state index is 10.4. The van der Waals surface area contributed by atoms with Gasteiger partial charge in [-0.05, 0) is 30.7 Å². The van der Waals surface area contributed by atoms with Crippen molar-refractivity contribution < 1.29 is 9.90 Å². The van der Waals surface area contributed by atoms with Crippen molar-refractivity contribution in [3.63, 3.8) is 0 Å². The van der Waals surface area contributed by atoms with Crippen LogP contribution in [0.1, 0.15) is 29.8 Å². The van der Waals surface area contributed by atoms with E-state index in [9.17, 15) is 4.79 Å². The molecule has 0 saturated heterocycles. The number of hydrogen-bond acceptors (Lipinski definition) is 1. The quantitative estimate of drug-likeness (QED) is 0.755. The zero-order valence-corrected chi connectivity index (χ0v) is 8.72. The molecule has 0 aromatic heterocycles. The molecule has 1 aromatic rings. The Balaban J connectivity index is 0.000000671. The lowest BCUT2D eigenvalue weighted by Crippen LogP contribution is -1.95. The van der Waals surface area contributed by atoms with Crippen molar-refractivity contribution in [1.82, 2.24) is 0 Å². The molecule has 1 aromatic carbocycles. The van der Waals surface area contributed by atoms with Crippen molar-refractivity contribution in [2.45, 2.75) is 20.8 Å². The maximum Gasteiger partial charge on any atom is 0.335 e. The SMILES string of the molecule is CC.Cc1cc(Cl)cc(C(=O)O)c1. The van der Waals surface area contributed by atoms with Crippen LogP contribution < -0.4 is 0 Å². The molecule has 1 N–H and O–H groups in total. The van der Waals surface area contributed by atoms with E-state index in [-0.39, 0.29) is 5.56 Å². The van der Waals surface area contributed by atoms with E-state index >= 15 is 0 Å². The van der Waals surface area contributed by atoms with Gasteiger partial charge in [0.1, 0.15) is 0 Å². The molecular formula is C10H13ClO2. The third-order valence-electron chi connectivity index (χ3n) is 1.29. The number of carboxylic acid groups (broad SMARTS) is 1. The second kappa shape index (κ2) is 5.60. The summed E-state index contributed by atoms with van der Waals surface area (Å²) < 4.78 is 0. The van der Waals surface area contributed by atoms with E-state index in [1.807, 2.05) is 13.8 Å². The largest absolute Gasteiger partial charge is 0.478 e. The molecule has 0 fully saturated rings. The fraction of sp³-hybridized carbons (Fsp3) is 0.300. The molecule has 1 rings (SSSR count). The Morgan fingerprint density at radius 2 is 1.85 bits per heavy atom. The summed E-state index contributed by atoms with van der Waals surface area (Å²) in [7, 11) is 0. The van der Waals surface area contributed by atoms with Crippen LogP contribution in [-0.4, -0.2) is 11.1 Å². The number of rotatable bonds is 1. The molecule has 13 heavy (non-hydrogen) atoms. The van der Waals surface area contributed by atoms with Gasteiger partial charge in [0.25, 0.3) is 0 Å². The minimum absolute atomic E-state index is 0.231. The minimum atomic E-state index is -0.949. The summed E-state index contributed by atoms with van der Waals surface area (Å²) in [5.74, 6) is -0.949. The Morgan fingerprint density at radius 1 is 1.31 bits per heavy atom. The fourth-order valence-corrected chi connectivity index (χ4v) is 1.15. The fourth-order valence-electron chi connectivity index (χ4n) is 0.860. The van der Waals surface area contributed by atoms with E-state index in [0.29, 0.717) is 5.02 Å². The summed E-state index contributed by atoms with van der Waals surface area (Å²) in [6.45, 7) is 5.80. The number of carboxylic acids is 1. The van der Waals surface area contributed by atoms with Crippen molar-refractivity contribution in [2.75, 3.05) is 0 Å². The van der Waals surface area contributed by atoms with Gasteiger partial charge in [-0.25, -0.2) is 4.79 Å². The standard InChI is InChI=1S/C8H7ClO2.C2H6/c1-5-2-6(8(10)11)4-7(9)3-5;1-2/h2-4H,1H3,(H,10,11);1-2H3. The van der Waals surface area contributed by atoms with Crippen LogP contribution in [0.5, 0.6) is 0 Å². The molecule has 0 unspecified atom stereocenters. The van der Waals surface area contributed by atoms with Crippen molar-refractivity contribution in [1.29, 1.82) is 0 Å². The van der Waals surface area contributed by atoms with E-state index < -0.39 is 5.97 Å². The van der Waals surface area contributed by atoms with E-state index in [1.165, 1.54) is 6.07 Å². The topological polar surface area (TPSA) is 37.3 Å². The first kappa shape index (κ1) is 12.0. The van der Waals surface area contributed by atoms with E-state index in [2.05, 4.69) is 0 Å². The third-order valence-corrected chi connectivity index (χ3v) is 1.51. The van der Waals surface area contributed by atoms with Crippen LogP contribution in [0.2, 0.25) is 5.02 Å². The van der Waals surface area contributed by atoms with Crippen LogP contribution in [0.25, 0.3) is 0 Å². The lowest BCUT2D eigenvalue weighted by Gasteiger charge is -1.97. The highest BCUT2D eigenvalue weighted by Crippen LogP contribution is 2.14. The highest BCUT2D eigenvalue weighted by atomic mass is 35.5. The predicted octanol–water partition coefficient (Wildman–Crippen LogP) is 3.37. The van der Waals surface area contributed by atoms with Crippen LogP contribution in [0.3, 0.4) is 0 Å². The normalized spacial score (nSPS) is 8.62. The average molecular weight is 201 g/mol. The van der Waals surface area contributed by atoms with Crippen LogP contribution in [0.4, 0.5) is 0 Å². The minimum Gasteiger partial charge on any atom is -0.478 e. The zero-order valence-electron chi connectivity index (χ0n) is 7.97. The summed E-state index contributed by atoms with van der Waals surface area (Å²) in [6.07, 6.45) is 0. The number of carbonyl (C=O) groups is 1. The molecule has 3 heteroatoms. The molecule has 0 aliphatic heterocycles.